The van der Waals surface area contributed by atoms with Crippen molar-refractivity contribution < 1.29 is 4.79 Å². The molecule has 1 radical (unpaired) electrons. The normalized spacial score (nSPS) is 10.4. The minimum atomic E-state index is -0.682. The summed E-state index contributed by atoms with van der Waals surface area (Å²) in [5, 5.41) is 9.72. The Kier molecular flexibility index (Phi) is 2.82. The van der Waals surface area contributed by atoms with Crippen LogP contribution in [0.2, 0.25) is 0 Å². The Hall–Kier alpha value is -1.89. The summed E-state index contributed by atoms with van der Waals surface area (Å²) in [5.74, 6) is 2.12. The van der Waals surface area contributed by atoms with Crippen molar-refractivity contribution in [3.63, 3.8) is 0 Å². The Morgan fingerprint density at radius 2 is 2.43 bits per heavy atom. The van der Waals surface area contributed by atoms with Crippen molar-refractivity contribution in [1.29, 1.82) is 0 Å². The van der Waals surface area contributed by atoms with Gasteiger partial charge in [-0.15, -0.1) is 16.6 Å². The molecule has 1 N–H and O–H groups in total. The van der Waals surface area contributed by atoms with Crippen LogP contribution in [0.15, 0.2) is 12.1 Å². The van der Waals surface area contributed by atoms with Crippen LogP contribution in [-0.4, -0.2) is 21.6 Å². The van der Waals surface area contributed by atoms with E-state index in [1.165, 1.54) is 12.1 Å². The molecule has 4 heteroatoms. The molecule has 0 saturated heterocycles. The maximum absolute atomic E-state index is 11.5. The average molecular weight is 188 g/mol. The van der Waals surface area contributed by atoms with Crippen LogP contribution < -0.4 is 5.32 Å². The first kappa shape index (κ1) is 10.2. The predicted molar refractivity (Wildman–Crippen MR) is 51.2 cm³/mol. The molecule has 0 aromatic carbocycles. The second-order valence-corrected chi connectivity index (χ2v) is 3.27. The number of nitrogens with one attached hydrogen (secondary N) is 1. The van der Waals surface area contributed by atoms with E-state index in [1.54, 1.807) is 13.8 Å². The molecule has 14 heavy (non-hydrogen) atoms. The molecule has 1 rings (SSSR count). The number of hydrogen-bond acceptors (Lipinski definition) is 3. The van der Waals surface area contributed by atoms with Crippen molar-refractivity contribution in [2.75, 3.05) is 0 Å². The van der Waals surface area contributed by atoms with Gasteiger partial charge in [-0.1, -0.05) is 5.92 Å². The summed E-state index contributed by atoms with van der Waals surface area (Å²) in [6, 6.07) is 3.04. The molecule has 0 aliphatic carbocycles. The Morgan fingerprint density at radius 1 is 1.71 bits per heavy atom. The van der Waals surface area contributed by atoms with Crippen molar-refractivity contribution in [3.05, 3.63) is 24.0 Å². The second kappa shape index (κ2) is 3.88. The van der Waals surface area contributed by atoms with Gasteiger partial charge in [0, 0.05) is 0 Å². The van der Waals surface area contributed by atoms with Crippen LogP contribution in [0, 0.1) is 18.5 Å². The van der Waals surface area contributed by atoms with E-state index in [9.17, 15) is 4.79 Å². The van der Waals surface area contributed by atoms with Gasteiger partial charge < -0.3 is 5.32 Å². The standard InChI is InChI=1S/C10H10N3O/c1-4-10(2,3)12-9(14)8-6-5-7-11-13-8/h1,5-6H,2-3H3,(H,12,14). The van der Waals surface area contributed by atoms with Gasteiger partial charge in [0.05, 0.1) is 5.54 Å². The zero-order valence-electron chi connectivity index (χ0n) is 8.03. The van der Waals surface area contributed by atoms with Gasteiger partial charge in [0.1, 0.15) is 6.20 Å². The largest absolute Gasteiger partial charge is 0.335 e. The van der Waals surface area contributed by atoms with Crippen LogP contribution in [0.4, 0.5) is 0 Å². The summed E-state index contributed by atoms with van der Waals surface area (Å²) in [6.07, 6.45) is 7.71. The molecule has 1 amide bonds. The fourth-order valence-corrected chi connectivity index (χ4v) is 0.771. The molecule has 4 nitrogen and oxygen atoms in total. The fraction of sp³-hybridized carbons (Fsp3) is 0.300. The minimum absolute atomic E-state index is 0.229. The monoisotopic (exact) mass is 188 g/mol. The van der Waals surface area contributed by atoms with Gasteiger partial charge in [0.2, 0.25) is 0 Å². The van der Waals surface area contributed by atoms with Crippen LogP contribution >= 0.6 is 0 Å². The van der Waals surface area contributed by atoms with Crippen LogP contribution in [-0.2, 0) is 0 Å². The van der Waals surface area contributed by atoms with Crippen LogP contribution in [0.3, 0.4) is 0 Å². The Balaban J connectivity index is 2.75. The molecule has 1 heterocycles. The summed E-state index contributed by atoms with van der Waals surface area (Å²) in [4.78, 5) is 11.5. The van der Waals surface area contributed by atoms with Crippen LogP contribution in [0.1, 0.15) is 24.3 Å². The maximum Gasteiger partial charge on any atom is 0.272 e. The maximum atomic E-state index is 11.5. The van der Waals surface area contributed by atoms with E-state index in [1.807, 2.05) is 0 Å². The first-order chi connectivity index (χ1) is 6.55. The number of carbonyl (C=O) groups is 1. The molecule has 0 spiro atoms. The zero-order chi connectivity index (χ0) is 10.6. The highest BCUT2D eigenvalue weighted by Crippen LogP contribution is 2.01. The molecule has 0 aliphatic heterocycles. The number of carbonyl (C=O) groups excluding carboxylic acids is 1. The summed E-state index contributed by atoms with van der Waals surface area (Å²) >= 11 is 0. The summed E-state index contributed by atoms with van der Waals surface area (Å²) in [5.41, 5.74) is -0.453. The quantitative estimate of drug-likeness (QED) is 0.684. The summed E-state index contributed by atoms with van der Waals surface area (Å²) in [6.45, 7) is 3.46. The van der Waals surface area contributed by atoms with Crippen molar-refractivity contribution >= 4 is 5.91 Å². The molecule has 71 valence electrons. The smallest absolute Gasteiger partial charge is 0.272 e. The lowest BCUT2D eigenvalue weighted by atomic mass is 10.1. The number of aromatic nitrogens is 2. The molecule has 0 bridgehead atoms. The molecule has 0 unspecified atom stereocenters. The number of amides is 1. The SMILES string of the molecule is C#CC(C)(C)NC(=O)c1cc[c]nn1. The highest BCUT2D eigenvalue weighted by Gasteiger charge is 2.18. The molecule has 0 fully saturated rings. The molecule has 1 aromatic heterocycles. The lowest BCUT2D eigenvalue weighted by Crippen LogP contribution is -2.42. The van der Waals surface area contributed by atoms with Gasteiger partial charge in [0.25, 0.3) is 5.91 Å². The molecule has 1 aromatic rings. The molecule has 0 saturated carbocycles. The van der Waals surface area contributed by atoms with E-state index >= 15 is 0 Å². The third-order valence-electron chi connectivity index (χ3n) is 1.55. The van der Waals surface area contributed by atoms with Crippen molar-refractivity contribution in [2.24, 2.45) is 0 Å². The first-order valence-corrected chi connectivity index (χ1v) is 4.05. The van der Waals surface area contributed by atoms with Crippen LogP contribution in [0.5, 0.6) is 0 Å². The molecule has 0 aliphatic rings. The van der Waals surface area contributed by atoms with Gasteiger partial charge in [0.15, 0.2) is 5.69 Å². The molecular formula is C10H10N3O. The minimum Gasteiger partial charge on any atom is -0.335 e. The average Bonchev–Trinajstić information content (AvgIpc) is 2.19. The Morgan fingerprint density at radius 3 is 2.93 bits per heavy atom. The van der Waals surface area contributed by atoms with Crippen LogP contribution in [0.25, 0.3) is 0 Å². The van der Waals surface area contributed by atoms with E-state index in [0.717, 1.165) is 0 Å². The number of rotatable bonds is 2. The molecule has 0 atom stereocenters. The fourth-order valence-electron chi connectivity index (χ4n) is 0.771. The number of hydrogen-bond donors (Lipinski definition) is 1. The van der Waals surface area contributed by atoms with Gasteiger partial charge in [-0.3, -0.25) is 4.79 Å². The van der Waals surface area contributed by atoms with Crippen molar-refractivity contribution in [2.45, 2.75) is 19.4 Å². The predicted octanol–water partition coefficient (Wildman–Crippen LogP) is 0.418. The van der Waals surface area contributed by atoms with E-state index in [-0.39, 0.29) is 11.6 Å². The van der Waals surface area contributed by atoms with E-state index in [0.29, 0.717) is 0 Å². The van der Waals surface area contributed by atoms with Gasteiger partial charge in [-0.25, -0.2) is 0 Å². The van der Waals surface area contributed by atoms with Crippen molar-refractivity contribution in [1.82, 2.24) is 15.5 Å². The van der Waals surface area contributed by atoms with E-state index in [4.69, 9.17) is 6.42 Å². The number of terminal acetylenes is 1. The third-order valence-corrected chi connectivity index (χ3v) is 1.55. The van der Waals surface area contributed by atoms with Crippen molar-refractivity contribution in [3.8, 4) is 12.3 Å². The lowest BCUT2D eigenvalue weighted by Gasteiger charge is -2.18. The van der Waals surface area contributed by atoms with Gasteiger partial charge >= 0.3 is 0 Å². The Labute approximate surface area is 82.7 Å². The zero-order valence-corrected chi connectivity index (χ0v) is 8.03. The highest BCUT2D eigenvalue weighted by molar-refractivity contribution is 5.92. The third kappa shape index (κ3) is 2.56. The van der Waals surface area contributed by atoms with E-state index < -0.39 is 5.54 Å². The van der Waals surface area contributed by atoms with Gasteiger partial charge in [-0.2, -0.15) is 0 Å². The second-order valence-electron chi connectivity index (χ2n) is 3.27. The lowest BCUT2D eigenvalue weighted by molar-refractivity contribution is 0.0923. The summed E-state index contributed by atoms with van der Waals surface area (Å²) < 4.78 is 0. The van der Waals surface area contributed by atoms with E-state index in [2.05, 4.69) is 27.6 Å². The highest BCUT2D eigenvalue weighted by atomic mass is 16.2. The topological polar surface area (TPSA) is 54.9 Å². The van der Waals surface area contributed by atoms with Gasteiger partial charge in [-0.05, 0) is 26.0 Å². The Bertz CT molecular complexity index is 365. The summed E-state index contributed by atoms with van der Waals surface area (Å²) in [7, 11) is 0. The molecular weight excluding hydrogens is 178 g/mol. The number of nitrogens with zero attached hydrogens (tertiary/aromatic N) is 2. The first-order valence-electron chi connectivity index (χ1n) is 4.05.